The van der Waals surface area contributed by atoms with Crippen LogP contribution in [-0.4, -0.2) is 9.49 Å². The normalized spacial score (nSPS) is 10.9. The van der Waals surface area contributed by atoms with Crippen molar-refractivity contribution in [1.29, 1.82) is 0 Å². The number of fused-ring (bicyclic) bond motifs is 1. The smallest absolute Gasteiger partial charge is 0.331 e. The Kier molecular flexibility index (Phi) is 2.95. The molecular formula is C15H11ClN2O2. The summed E-state index contributed by atoms with van der Waals surface area (Å²) in [6.07, 6.45) is 0. The molecule has 20 heavy (non-hydrogen) atoms. The Morgan fingerprint density at radius 2 is 1.90 bits per heavy atom. The molecule has 0 fully saturated rings. The SMILES string of the molecule is Cn1c([N+](=O)[O-])c(-c2cccc(Cl)c2)c2ccccc21. The number of nitro groups is 1. The molecule has 0 aliphatic carbocycles. The first-order valence-electron chi connectivity index (χ1n) is 6.07. The van der Waals surface area contributed by atoms with E-state index in [0.29, 0.717) is 10.6 Å². The lowest BCUT2D eigenvalue weighted by molar-refractivity contribution is -0.390. The molecule has 1 aromatic heterocycles. The van der Waals surface area contributed by atoms with Gasteiger partial charge in [-0.1, -0.05) is 35.9 Å². The maximum Gasteiger partial charge on any atom is 0.331 e. The Bertz CT molecular complexity index is 824. The number of hydrogen-bond donors (Lipinski definition) is 0. The summed E-state index contributed by atoms with van der Waals surface area (Å²) in [6.45, 7) is 0. The van der Waals surface area contributed by atoms with Crippen molar-refractivity contribution in [2.24, 2.45) is 7.05 Å². The largest absolute Gasteiger partial charge is 0.358 e. The van der Waals surface area contributed by atoms with E-state index < -0.39 is 0 Å². The van der Waals surface area contributed by atoms with Crippen LogP contribution in [0.4, 0.5) is 5.82 Å². The Hall–Kier alpha value is -2.33. The molecule has 3 aromatic rings. The van der Waals surface area contributed by atoms with Crippen LogP contribution in [0.2, 0.25) is 5.02 Å². The molecular weight excluding hydrogens is 276 g/mol. The van der Waals surface area contributed by atoms with E-state index in [2.05, 4.69) is 0 Å². The van der Waals surface area contributed by atoms with Gasteiger partial charge in [-0.2, -0.15) is 0 Å². The molecule has 0 aliphatic rings. The predicted molar refractivity (Wildman–Crippen MR) is 80.0 cm³/mol. The van der Waals surface area contributed by atoms with Crippen molar-refractivity contribution < 1.29 is 4.92 Å². The van der Waals surface area contributed by atoms with Crippen molar-refractivity contribution in [2.45, 2.75) is 0 Å². The number of halogens is 1. The summed E-state index contributed by atoms with van der Waals surface area (Å²) >= 11 is 6.01. The van der Waals surface area contributed by atoms with E-state index in [4.69, 9.17) is 11.6 Å². The minimum Gasteiger partial charge on any atom is -0.358 e. The molecule has 0 amide bonds. The topological polar surface area (TPSA) is 48.1 Å². The average molecular weight is 287 g/mol. The summed E-state index contributed by atoms with van der Waals surface area (Å²) in [5.41, 5.74) is 2.19. The molecule has 100 valence electrons. The van der Waals surface area contributed by atoms with Crippen LogP contribution in [0, 0.1) is 10.1 Å². The molecule has 0 radical (unpaired) electrons. The summed E-state index contributed by atoms with van der Waals surface area (Å²) in [6, 6.07) is 14.6. The van der Waals surface area contributed by atoms with Crippen molar-refractivity contribution in [2.75, 3.05) is 0 Å². The van der Waals surface area contributed by atoms with Gasteiger partial charge in [-0.3, -0.25) is 0 Å². The third kappa shape index (κ3) is 1.85. The summed E-state index contributed by atoms with van der Waals surface area (Å²) < 4.78 is 1.60. The first-order chi connectivity index (χ1) is 9.59. The van der Waals surface area contributed by atoms with Crippen LogP contribution < -0.4 is 0 Å². The molecule has 0 N–H and O–H groups in total. The number of rotatable bonds is 2. The van der Waals surface area contributed by atoms with Crippen molar-refractivity contribution in [3.63, 3.8) is 0 Å². The first-order valence-corrected chi connectivity index (χ1v) is 6.45. The van der Waals surface area contributed by atoms with Crippen LogP contribution in [0.5, 0.6) is 0 Å². The molecule has 0 saturated heterocycles. The second-order valence-corrected chi connectivity index (χ2v) is 4.98. The molecule has 0 saturated carbocycles. The van der Waals surface area contributed by atoms with Crippen molar-refractivity contribution in [3.8, 4) is 11.1 Å². The summed E-state index contributed by atoms with van der Waals surface area (Å²) in [5, 5.41) is 12.8. The molecule has 0 aliphatic heterocycles. The van der Waals surface area contributed by atoms with Gasteiger partial charge in [-0.05, 0) is 34.8 Å². The fraction of sp³-hybridized carbons (Fsp3) is 0.0667. The summed E-state index contributed by atoms with van der Waals surface area (Å²) in [7, 11) is 1.70. The van der Waals surface area contributed by atoms with Gasteiger partial charge in [0.05, 0.1) is 12.6 Å². The first kappa shape index (κ1) is 12.7. The molecule has 0 bridgehead atoms. The lowest BCUT2D eigenvalue weighted by Crippen LogP contribution is -1.98. The number of aromatic nitrogens is 1. The Morgan fingerprint density at radius 3 is 2.60 bits per heavy atom. The van der Waals surface area contributed by atoms with E-state index in [-0.39, 0.29) is 10.7 Å². The van der Waals surface area contributed by atoms with E-state index in [9.17, 15) is 10.1 Å². The van der Waals surface area contributed by atoms with Crippen LogP contribution in [0.25, 0.3) is 22.0 Å². The Labute approximate surface area is 120 Å². The molecule has 4 nitrogen and oxygen atoms in total. The van der Waals surface area contributed by atoms with E-state index in [1.54, 1.807) is 29.8 Å². The quantitative estimate of drug-likeness (QED) is 0.517. The second-order valence-electron chi connectivity index (χ2n) is 4.54. The maximum absolute atomic E-state index is 11.4. The lowest BCUT2D eigenvalue weighted by Gasteiger charge is -2.02. The monoisotopic (exact) mass is 286 g/mol. The molecule has 0 unspecified atom stereocenters. The molecule has 0 spiro atoms. The number of nitrogens with zero attached hydrogens (tertiary/aromatic N) is 2. The fourth-order valence-corrected chi connectivity index (χ4v) is 2.71. The maximum atomic E-state index is 11.4. The highest BCUT2D eigenvalue weighted by Gasteiger charge is 2.25. The van der Waals surface area contributed by atoms with Crippen LogP contribution >= 0.6 is 11.6 Å². The minimum atomic E-state index is -0.351. The molecule has 2 aromatic carbocycles. The van der Waals surface area contributed by atoms with Gasteiger partial charge in [0.25, 0.3) is 0 Å². The highest BCUT2D eigenvalue weighted by Crippen LogP contribution is 2.39. The zero-order valence-corrected chi connectivity index (χ0v) is 11.5. The third-order valence-corrected chi connectivity index (χ3v) is 3.60. The zero-order chi connectivity index (χ0) is 14.3. The van der Waals surface area contributed by atoms with E-state index in [1.807, 2.05) is 30.3 Å². The van der Waals surface area contributed by atoms with Crippen molar-refractivity contribution in [3.05, 3.63) is 63.7 Å². The van der Waals surface area contributed by atoms with Gasteiger partial charge in [0.15, 0.2) is 0 Å². The predicted octanol–water partition coefficient (Wildman–Crippen LogP) is 4.41. The summed E-state index contributed by atoms with van der Waals surface area (Å²) in [4.78, 5) is 11.1. The number of benzene rings is 2. The van der Waals surface area contributed by atoms with E-state index in [1.165, 1.54) is 0 Å². The van der Waals surface area contributed by atoms with Gasteiger partial charge in [-0.25, -0.2) is 4.57 Å². The van der Waals surface area contributed by atoms with Crippen molar-refractivity contribution >= 4 is 28.3 Å². The number of para-hydroxylation sites is 1. The van der Waals surface area contributed by atoms with Gasteiger partial charge < -0.3 is 10.1 Å². The van der Waals surface area contributed by atoms with Crippen molar-refractivity contribution in [1.82, 2.24) is 4.57 Å². The molecule has 5 heteroatoms. The highest BCUT2D eigenvalue weighted by molar-refractivity contribution is 6.31. The van der Waals surface area contributed by atoms with Crippen LogP contribution in [-0.2, 0) is 7.05 Å². The van der Waals surface area contributed by atoms with Crippen LogP contribution in [0.3, 0.4) is 0 Å². The highest BCUT2D eigenvalue weighted by atomic mass is 35.5. The van der Waals surface area contributed by atoms with Gasteiger partial charge in [-0.15, -0.1) is 0 Å². The standard InChI is InChI=1S/C15H11ClN2O2/c1-17-13-8-3-2-7-12(13)14(15(17)18(19)20)10-5-4-6-11(16)9-10/h2-9H,1H3. The Balaban J connectivity index is 2.45. The number of aryl methyl sites for hydroxylation is 1. The minimum absolute atomic E-state index is 0.0773. The van der Waals surface area contributed by atoms with Gasteiger partial charge in [0, 0.05) is 10.4 Å². The van der Waals surface area contributed by atoms with Gasteiger partial charge in [0.2, 0.25) is 0 Å². The zero-order valence-electron chi connectivity index (χ0n) is 10.7. The number of hydrogen-bond acceptors (Lipinski definition) is 2. The lowest BCUT2D eigenvalue weighted by atomic mass is 10.0. The van der Waals surface area contributed by atoms with Gasteiger partial charge in [0.1, 0.15) is 5.52 Å². The van der Waals surface area contributed by atoms with Gasteiger partial charge >= 0.3 is 5.82 Å². The second kappa shape index (κ2) is 4.65. The van der Waals surface area contributed by atoms with E-state index in [0.717, 1.165) is 16.5 Å². The van der Waals surface area contributed by atoms with Crippen LogP contribution in [0.1, 0.15) is 0 Å². The van der Waals surface area contributed by atoms with E-state index >= 15 is 0 Å². The molecule has 1 heterocycles. The Morgan fingerprint density at radius 1 is 1.15 bits per heavy atom. The molecule has 3 rings (SSSR count). The van der Waals surface area contributed by atoms with Crippen LogP contribution in [0.15, 0.2) is 48.5 Å². The third-order valence-electron chi connectivity index (χ3n) is 3.36. The average Bonchev–Trinajstić information content (AvgIpc) is 2.73. The summed E-state index contributed by atoms with van der Waals surface area (Å²) in [5.74, 6) is 0.0773. The fourth-order valence-electron chi connectivity index (χ4n) is 2.52. The molecule has 0 atom stereocenters.